The van der Waals surface area contributed by atoms with E-state index in [1.165, 1.54) is 5.56 Å². The fourth-order valence-electron chi connectivity index (χ4n) is 1.95. The molecule has 1 saturated carbocycles. The zero-order valence-electron chi connectivity index (χ0n) is 10.9. The zero-order valence-corrected chi connectivity index (χ0v) is 12.4. The number of nitrogens with two attached hydrogens (primary N) is 1. The van der Waals surface area contributed by atoms with Crippen LogP contribution in [0.15, 0.2) is 33.7 Å². The minimum atomic E-state index is 0.446. The molecule has 0 radical (unpaired) electrons. The van der Waals surface area contributed by atoms with E-state index in [1.807, 2.05) is 0 Å². The van der Waals surface area contributed by atoms with Gasteiger partial charge in [-0.1, -0.05) is 41.9 Å². The van der Waals surface area contributed by atoms with Crippen molar-refractivity contribution in [2.24, 2.45) is 16.6 Å². The monoisotopic (exact) mass is 309 g/mol. The molecule has 1 aliphatic rings. The number of nitrogens with one attached hydrogen (secondary N) is 1. The molecule has 2 rings (SSSR count). The molecule has 0 aliphatic heterocycles. The van der Waals surface area contributed by atoms with E-state index in [0.29, 0.717) is 23.8 Å². The second-order valence-electron chi connectivity index (χ2n) is 5.26. The smallest absolute Gasteiger partial charge is 0.188 e. The first kappa shape index (κ1) is 13.4. The van der Waals surface area contributed by atoms with Gasteiger partial charge in [-0.3, -0.25) is 4.99 Å². The maximum Gasteiger partial charge on any atom is 0.188 e. The van der Waals surface area contributed by atoms with Crippen molar-refractivity contribution in [2.45, 2.75) is 32.2 Å². The second-order valence-corrected chi connectivity index (χ2v) is 6.18. The minimum absolute atomic E-state index is 0.446. The third-order valence-electron chi connectivity index (χ3n) is 3.05. The molecular formula is C14H20BrN3. The van der Waals surface area contributed by atoms with Crippen LogP contribution in [0.3, 0.4) is 0 Å². The van der Waals surface area contributed by atoms with Crippen LogP contribution in [0.1, 0.15) is 31.7 Å². The van der Waals surface area contributed by atoms with Crippen LogP contribution in [0.4, 0.5) is 0 Å². The number of nitrogens with zero attached hydrogens (tertiary/aromatic N) is 1. The molecule has 2 unspecified atom stereocenters. The Morgan fingerprint density at radius 2 is 2.11 bits per heavy atom. The average molecular weight is 310 g/mol. The summed E-state index contributed by atoms with van der Waals surface area (Å²) in [7, 11) is 0. The number of aliphatic imine (C=N–C) groups is 1. The molecule has 3 N–H and O–H groups in total. The molecular weight excluding hydrogens is 290 g/mol. The highest BCUT2D eigenvalue weighted by Gasteiger charge is 2.38. The number of halogens is 1. The molecule has 2 atom stereocenters. The van der Waals surface area contributed by atoms with E-state index < -0.39 is 0 Å². The number of benzene rings is 1. The highest BCUT2D eigenvalue weighted by Crippen LogP contribution is 2.40. The first-order chi connectivity index (χ1) is 8.56. The summed E-state index contributed by atoms with van der Waals surface area (Å²) in [5, 5.41) is 3.29. The van der Waals surface area contributed by atoms with E-state index in [4.69, 9.17) is 5.73 Å². The van der Waals surface area contributed by atoms with Gasteiger partial charge in [0.15, 0.2) is 5.96 Å². The molecule has 1 aliphatic carbocycles. The van der Waals surface area contributed by atoms with Gasteiger partial charge in [0.1, 0.15) is 0 Å². The maximum atomic E-state index is 5.86. The Labute approximate surface area is 117 Å². The van der Waals surface area contributed by atoms with Crippen molar-refractivity contribution in [3.8, 4) is 0 Å². The van der Waals surface area contributed by atoms with E-state index in [1.54, 1.807) is 0 Å². The summed E-state index contributed by atoms with van der Waals surface area (Å²) < 4.78 is 1.12. The van der Waals surface area contributed by atoms with Gasteiger partial charge in [-0.25, -0.2) is 0 Å². The molecule has 0 spiro atoms. The minimum Gasteiger partial charge on any atom is -0.370 e. The molecule has 1 aromatic carbocycles. The highest BCUT2D eigenvalue weighted by molar-refractivity contribution is 9.10. The Bertz CT molecular complexity index is 425. The van der Waals surface area contributed by atoms with Crippen molar-refractivity contribution < 1.29 is 0 Å². The van der Waals surface area contributed by atoms with E-state index in [0.717, 1.165) is 17.4 Å². The normalized spacial score (nSPS) is 23.2. The lowest BCUT2D eigenvalue weighted by molar-refractivity contribution is 0.660. The van der Waals surface area contributed by atoms with Crippen molar-refractivity contribution in [3.63, 3.8) is 0 Å². The van der Waals surface area contributed by atoms with Crippen molar-refractivity contribution in [1.29, 1.82) is 0 Å². The van der Waals surface area contributed by atoms with Gasteiger partial charge < -0.3 is 11.1 Å². The largest absolute Gasteiger partial charge is 0.370 e. The van der Waals surface area contributed by atoms with Crippen LogP contribution < -0.4 is 11.1 Å². The molecule has 0 heterocycles. The summed E-state index contributed by atoms with van der Waals surface area (Å²) in [4.78, 5) is 4.32. The molecule has 1 fully saturated rings. The molecule has 98 valence electrons. The number of hydrogen-bond donors (Lipinski definition) is 2. The van der Waals surface area contributed by atoms with Gasteiger partial charge >= 0.3 is 0 Å². The van der Waals surface area contributed by atoms with E-state index in [-0.39, 0.29) is 0 Å². The summed E-state index contributed by atoms with van der Waals surface area (Å²) >= 11 is 3.45. The van der Waals surface area contributed by atoms with Crippen LogP contribution in [0.2, 0.25) is 0 Å². The van der Waals surface area contributed by atoms with E-state index in [2.05, 4.69) is 64.4 Å². The fraction of sp³-hybridized carbons (Fsp3) is 0.500. The maximum absolute atomic E-state index is 5.86. The topological polar surface area (TPSA) is 50.4 Å². The summed E-state index contributed by atoms with van der Waals surface area (Å²) in [5.41, 5.74) is 7.23. The predicted molar refractivity (Wildman–Crippen MR) is 79.8 cm³/mol. The Balaban J connectivity index is 1.84. The molecule has 18 heavy (non-hydrogen) atoms. The van der Waals surface area contributed by atoms with Crippen LogP contribution in [0, 0.1) is 5.92 Å². The summed E-state index contributed by atoms with van der Waals surface area (Å²) in [6, 6.07) is 8.94. The van der Waals surface area contributed by atoms with Crippen molar-refractivity contribution in [3.05, 3.63) is 34.3 Å². The van der Waals surface area contributed by atoms with Crippen molar-refractivity contribution >= 4 is 21.9 Å². The van der Waals surface area contributed by atoms with Gasteiger partial charge in [-0.2, -0.15) is 0 Å². The van der Waals surface area contributed by atoms with E-state index in [9.17, 15) is 0 Å². The third kappa shape index (κ3) is 3.73. The third-order valence-corrected chi connectivity index (χ3v) is 3.58. The van der Waals surface area contributed by atoms with E-state index >= 15 is 0 Å². The molecule has 0 bridgehead atoms. The van der Waals surface area contributed by atoms with Gasteiger partial charge in [-0.05, 0) is 30.0 Å². The van der Waals surface area contributed by atoms with Crippen LogP contribution in [0.25, 0.3) is 0 Å². The zero-order chi connectivity index (χ0) is 13.1. The molecule has 1 aromatic rings. The van der Waals surface area contributed by atoms with Crippen LogP contribution in [-0.2, 0) is 0 Å². The Kier molecular flexibility index (Phi) is 4.27. The van der Waals surface area contributed by atoms with Gasteiger partial charge in [-0.15, -0.1) is 0 Å². The first-order valence-electron chi connectivity index (χ1n) is 6.38. The fourth-order valence-corrected chi connectivity index (χ4v) is 2.21. The number of hydrogen-bond acceptors (Lipinski definition) is 1. The van der Waals surface area contributed by atoms with Gasteiger partial charge in [0, 0.05) is 23.0 Å². The number of guanidine groups is 1. The SMILES string of the molecule is CC(C)CN=C(N)NC1CC1c1ccc(Br)cc1. The first-order valence-corrected chi connectivity index (χ1v) is 7.17. The standard InChI is InChI=1S/C14H20BrN3/c1-9(2)8-17-14(16)18-13-7-12(13)10-3-5-11(15)6-4-10/h3-6,9,12-13H,7-8H2,1-2H3,(H3,16,17,18). The van der Waals surface area contributed by atoms with Crippen LogP contribution in [0.5, 0.6) is 0 Å². The van der Waals surface area contributed by atoms with Gasteiger partial charge in [0.05, 0.1) is 0 Å². The van der Waals surface area contributed by atoms with Crippen LogP contribution in [-0.4, -0.2) is 18.5 Å². The number of rotatable bonds is 4. The van der Waals surface area contributed by atoms with Crippen molar-refractivity contribution in [1.82, 2.24) is 5.32 Å². The lowest BCUT2D eigenvalue weighted by atomic mass is 10.1. The van der Waals surface area contributed by atoms with Crippen LogP contribution >= 0.6 is 15.9 Å². The van der Waals surface area contributed by atoms with Gasteiger partial charge in [0.2, 0.25) is 0 Å². The predicted octanol–water partition coefficient (Wildman–Crippen LogP) is 2.87. The Morgan fingerprint density at radius 1 is 1.44 bits per heavy atom. The quantitative estimate of drug-likeness (QED) is 0.664. The van der Waals surface area contributed by atoms with Crippen molar-refractivity contribution in [2.75, 3.05) is 6.54 Å². The summed E-state index contributed by atoms with van der Waals surface area (Å²) in [6.45, 7) is 5.06. The van der Waals surface area contributed by atoms with Gasteiger partial charge in [0.25, 0.3) is 0 Å². The summed E-state index contributed by atoms with van der Waals surface area (Å²) in [5.74, 6) is 1.70. The molecule has 0 aromatic heterocycles. The highest BCUT2D eigenvalue weighted by atomic mass is 79.9. The molecule has 4 heteroatoms. The summed E-state index contributed by atoms with van der Waals surface area (Å²) in [6.07, 6.45) is 1.14. The average Bonchev–Trinajstić information content (AvgIpc) is 3.07. The lowest BCUT2D eigenvalue weighted by Crippen LogP contribution is -2.34. The second kappa shape index (κ2) is 5.74. The molecule has 0 amide bonds. The molecule has 3 nitrogen and oxygen atoms in total. The Hall–Kier alpha value is -1.03. The Morgan fingerprint density at radius 3 is 2.72 bits per heavy atom. The molecule has 0 saturated heterocycles. The lowest BCUT2D eigenvalue weighted by Gasteiger charge is -2.06.